The fourth-order valence-corrected chi connectivity index (χ4v) is 3.34. The zero-order valence-electron chi connectivity index (χ0n) is 15.7. The molecule has 2 aromatic heterocycles. The maximum Gasteiger partial charge on any atom is 0.259 e. The van der Waals surface area contributed by atoms with Gasteiger partial charge in [-0.05, 0) is 49.6 Å². The van der Waals surface area contributed by atoms with E-state index in [0.29, 0.717) is 30.5 Å². The maximum absolute atomic E-state index is 13.0. The highest BCUT2D eigenvalue weighted by molar-refractivity contribution is 5.96. The van der Waals surface area contributed by atoms with Crippen LogP contribution in [0.5, 0.6) is 5.88 Å². The first-order valence-electron chi connectivity index (χ1n) is 9.10. The number of aromatic nitrogens is 2. The van der Waals surface area contributed by atoms with E-state index in [9.17, 15) is 4.79 Å². The summed E-state index contributed by atoms with van der Waals surface area (Å²) in [6.07, 6.45) is 5.56. The molecule has 0 saturated carbocycles. The number of carbonyl (C=O) groups is 1. The first-order valence-corrected chi connectivity index (χ1v) is 9.10. The highest BCUT2D eigenvalue weighted by Gasteiger charge is 2.27. The number of carbonyl (C=O) groups excluding carboxylic acids is 1. The Morgan fingerprint density at radius 2 is 2.15 bits per heavy atom. The Balaban J connectivity index is 1.78. The summed E-state index contributed by atoms with van der Waals surface area (Å²) in [4.78, 5) is 25.5. The molecule has 0 bridgehead atoms. The van der Waals surface area contributed by atoms with Crippen LogP contribution in [-0.4, -0.2) is 54.6 Å². The average molecular weight is 354 g/mol. The molecule has 1 saturated heterocycles. The van der Waals surface area contributed by atoms with Gasteiger partial charge in [-0.2, -0.15) is 0 Å². The summed E-state index contributed by atoms with van der Waals surface area (Å²) < 4.78 is 5.53. The van der Waals surface area contributed by atoms with E-state index in [4.69, 9.17) is 4.74 Å². The van der Waals surface area contributed by atoms with Crippen LogP contribution in [0.2, 0.25) is 0 Å². The Morgan fingerprint density at radius 1 is 1.31 bits per heavy atom. The van der Waals surface area contributed by atoms with Gasteiger partial charge in [0.1, 0.15) is 11.4 Å². The highest BCUT2D eigenvalue weighted by Crippen LogP contribution is 2.30. The number of likely N-dealkylation sites (tertiary alicyclic amines) is 1. The van der Waals surface area contributed by atoms with Gasteiger partial charge in [0, 0.05) is 45.5 Å². The molecule has 1 unspecified atom stereocenters. The van der Waals surface area contributed by atoms with Crippen molar-refractivity contribution in [3.63, 3.8) is 0 Å². The summed E-state index contributed by atoms with van der Waals surface area (Å²) in [5.74, 6) is 1.67. The minimum Gasteiger partial charge on any atom is -0.477 e. The van der Waals surface area contributed by atoms with Crippen LogP contribution in [0.3, 0.4) is 0 Å². The SMILES string of the molecule is CCOc1ncccc1C(=O)N1CCCC(c2ccnc(N(C)C)c2)C1. The fraction of sp³-hybridized carbons (Fsp3) is 0.450. The maximum atomic E-state index is 13.0. The monoisotopic (exact) mass is 354 g/mol. The highest BCUT2D eigenvalue weighted by atomic mass is 16.5. The van der Waals surface area contributed by atoms with Gasteiger partial charge in [0.2, 0.25) is 5.88 Å². The van der Waals surface area contributed by atoms with Crippen LogP contribution in [0.4, 0.5) is 5.82 Å². The quantitative estimate of drug-likeness (QED) is 0.826. The summed E-state index contributed by atoms with van der Waals surface area (Å²) in [6.45, 7) is 3.85. The van der Waals surface area contributed by atoms with Gasteiger partial charge in [-0.15, -0.1) is 0 Å². The van der Waals surface area contributed by atoms with Crippen LogP contribution < -0.4 is 9.64 Å². The molecule has 138 valence electrons. The van der Waals surface area contributed by atoms with Crippen molar-refractivity contribution in [2.75, 3.05) is 38.7 Å². The van der Waals surface area contributed by atoms with Crippen molar-refractivity contribution in [2.24, 2.45) is 0 Å². The Morgan fingerprint density at radius 3 is 2.92 bits per heavy atom. The molecule has 1 aliphatic heterocycles. The Hall–Kier alpha value is -2.63. The number of amides is 1. The normalized spacial score (nSPS) is 17.0. The van der Waals surface area contributed by atoms with Gasteiger partial charge in [0.25, 0.3) is 5.91 Å². The standard InChI is InChI=1S/C20H26N4O2/c1-4-26-19-17(8-5-10-22-19)20(25)24-12-6-7-16(14-24)15-9-11-21-18(13-15)23(2)3/h5,8-11,13,16H,4,6-7,12,14H2,1-3H3. The molecule has 0 aromatic carbocycles. The van der Waals surface area contributed by atoms with Gasteiger partial charge >= 0.3 is 0 Å². The van der Waals surface area contributed by atoms with Gasteiger partial charge in [-0.1, -0.05) is 0 Å². The molecular weight excluding hydrogens is 328 g/mol. The van der Waals surface area contributed by atoms with E-state index in [-0.39, 0.29) is 5.91 Å². The van der Waals surface area contributed by atoms with Crippen molar-refractivity contribution < 1.29 is 9.53 Å². The zero-order chi connectivity index (χ0) is 18.5. The fourth-order valence-electron chi connectivity index (χ4n) is 3.34. The minimum atomic E-state index is -0.00635. The van der Waals surface area contributed by atoms with E-state index in [0.717, 1.165) is 25.2 Å². The van der Waals surface area contributed by atoms with E-state index in [1.165, 1.54) is 5.56 Å². The second kappa shape index (κ2) is 8.17. The summed E-state index contributed by atoms with van der Waals surface area (Å²) in [5.41, 5.74) is 1.77. The molecule has 6 nitrogen and oxygen atoms in total. The number of anilines is 1. The van der Waals surface area contributed by atoms with Crippen molar-refractivity contribution in [1.82, 2.24) is 14.9 Å². The third-order valence-corrected chi connectivity index (χ3v) is 4.69. The van der Waals surface area contributed by atoms with Crippen LogP contribution in [-0.2, 0) is 0 Å². The summed E-state index contributed by atoms with van der Waals surface area (Å²) in [6, 6.07) is 7.75. The molecule has 26 heavy (non-hydrogen) atoms. The minimum absolute atomic E-state index is 0.00635. The molecule has 1 atom stereocenters. The van der Waals surface area contributed by atoms with Crippen LogP contribution in [0.1, 0.15) is 41.6 Å². The van der Waals surface area contributed by atoms with Crippen LogP contribution in [0.25, 0.3) is 0 Å². The molecule has 0 N–H and O–H groups in total. The number of pyridine rings is 2. The van der Waals surface area contributed by atoms with Gasteiger partial charge in [-0.25, -0.2) is 9.97 Å². The molecule has 1 aliphatic rings. The van der Waals surface area contributed by atoms with Gasteiger partial charge < -0.3 is 14.5 Å². The number of nitrogens with zero attached hydrogens (tertiary/aromatic N) is 4. The van der Waals surface area contributed by atoms with Crippen LogP contribution >= 0.6 is 0 Å². The Labute approximate surface area is 154 Å². The van der Waals surface area contributed by atoms with Crippen LogP contribution in [0.15, 0.2) is 36.7 Å². The molecule has 3 rings (SSSR count). The molecule has 1 fully saturated rings. The molecule has 6 heteroatoms. The lowest BCUT2D eigenvalue weighted by molar-refractivity contribution is 0.0702. The summed E-state index contributed by atoms with van der Waals surface area (Å²) in [7, 11) is 3.97. The number of piperidine rings is 1. The molecule has 3 heterocycles. The Kier molecular flexibility index (Phi) is 5.71. The molecular formula is C20H26N4O2. The van der Waals surface area contributed by atoms with Crippen molar-refractivity contribution in [3.05, 3.63) is 47.8 Å². The molecule has 0 spiro atoms. The van der Waals surface area contributed by atoms with Gasteiger partial charge in [0.05, 0.1) is 6.61 Å². The topological polar surface area (TPSA) is 58.6 Å². The lowest BCUT2D eigenvalue weighted by Crippen LogP contribution is -2.39. The van der Waals surface area contributed by atoms with E-state index in [1.54, 1.807) is 18.3 Å². The van der Waals surface area contributed by atoms with E-state index in [1.807, 2.05) is 37.0 Å². The van der Waals surface area contributed by atoms with Gasteiger partial charge in [0.15, 0.2) is 0 Å². The largest absolute Gasteiger partial charge is 0.477 e. The van der Waals surface area contributed by atoms with E-state index < -0.39 is 0 Å². The van der Waals surface area contributed by atoms with Crippen molar-refractivity contribution in [2.45, 2.75) is 25.7 Å². The first-order chi connectivity index (χ1) is 12.6. The van der Waals surface area contributed by atoms with Crippen molar-refractivity contribution in [1.29, 1.82) is 0 Å². The number of ether oxygens (including phenoxy) is 1. The zero-order valence-corrected chi connectivity index (χ0v) is 15.7. The van der Waals surface area contributed by atoms with Gasteiger partial charge in [-0.3, -0.25) is 4.79 Å². The van der Waals surface area contributed by atoms with Crippen LogP contribution in [0, 0.1) is 0 Å². The van der Waals surface area contributed by atoms with Crippen molar-refractivity contribution in [3.8, 4) is 5.88 Å². The van der Waals surface area contributed by atoms with Crippen molar-refractivity contribution >= 4 is 11.7 Å². The second-order valence-corrected chi connectivity index (χ2v) is 6.72. The third kappa shape index (κ3) is 3.95. The van der Waals surface area contributed by atoms with E-state index in [2.05, 4.69) is 22.1 Å². The molecule has 1 amide bonds. The number of rotatable bonds is 5. The number of hydrogen-bond acceptors (Lipinski definition) is 5. The smallest absolute Gasteiger partial charge is 0.259 e. The van der Waals surface area contributed by atoms with E-state index >= 15 is 0 Å². The lowest BCUT2D eigenvalue weighted by atomic mass is 9.91. The Bertz CT molecular complexity index is 763. The molecule has 0 radical (unpaired) electrons. The summed E-state index contributed by atoms with van der Waals surface area (Å²) >= 11 is 0. The molecule has 2 aromatic rings. The third-order valence-electron chi connectivity index (χ3n) is 4.69. The first kappa shape index (κ1) is 18.2. The average Bonchev–Trinajstić information content (AvgIpc) is 2.68. The molecule has 0 aliphatic carbocycles. The number of hydrogen-bond donors (Lipinski definition) is 0. The predicted molar refractivity (Wildman–Crippen MR) is 102 cm³/mol. The second-order valence-electron chi connectivity index (χ2n) is 6.72. The lowest BCUT2D eigenvalue weighted by Gasteiger charge is -2.33. The predicted octanol–water partition coefficient (Wildman–Crippen LogP) is 2.96. The summed E-state index contributed by atoms with van der Waals surface area (Å²) in [5, 5.41) is 0.